The lowest BCUT2D eigenvalue weighted by Gasteiger charge is -2.18. The maximum atomic E-state index is 9.48. The molecule has 0 saturated carbocycles. The molecule has 0 aromatic heterocycles. The highest BCUT2D eigenvalue weighted by Crippen LogP contribution is 2.36. The molecule has 1 aliphatic heterocycles. The van der Waals surface area contributed by atoms with Gasteiger partial charge in [0, 0.05) is 5.25 Å². The molecule has 58 valence electrons. The van der Waals surface area contributed by atoms with E-state index in [2.05, 4.69) is 19.6 Å². The Bertz CT molecular complexity index is 126. The van der Waals surface area contributed by atoms with Crippen LogP contribution in [0.2, 0.25) is 0 Å². The first kappa shape index (κ1) is 8.78. The van der Waals surface area contributed by atoms with Gasteiger partial charge >= 0.3 is 0 Å². The molecule has 0 radical (unpaired) electrons. The van der Waals surface area contributed by atoms with Crippen LogP contribution in [0.3, 0.4) is 0 Å². The molecule has 1 saturated heterocycles. The minimum atomic E-state index is -0.308. The van der Waals surface area contributed by atoms with Gasteiger partial charge in [0.15, 0.2) is 7.98 Å². The van der Waals surface area contributed by atoms with Crippen molar-refractivity contribution in [2.24, 2.45) is 0 Å². The summed E-state index contributed by atoms with van der Waals surface area (Å²) in [5.74, 6) is 0. The molecule has 3 unspecified atom stereocenters. The molecule has 1 N–H and O–H groups in total. The average Bonchev–Trinajstić information content (AvgIpc) is 2.17. The highest BCUT2D eigenvalue weighted by molar-refractivity contribution is 8.11. The molecule has 5 heteroatoms. The third-order valence-electron chi connectivity index (χ3n) is 1.80. The number of aliphatic hydroxyl groups is 1. The number of rotatable bonds is 1. The average molecular weight is 177 g/mol. The van der Waals surface area contributed by atoms with Gasteiger partial charge in [-0.25, -0.2) is 0 Å². The van der Waals surface area contributed by atoms with E-state index in [0.717, 1.165) is 6.42 Å². The quantitative estimate of drug-likeness (QED) is 0.431. The van der Waals surface area contributed by atoms with Gasteiger partial charge in [0.2, 0.25) is 0 Å². The molecule has 0 aromatic carbocycles. The van der Waals surface area contributed by atoms with Crippen molar-refractivity contribution in [2.45, 2.75) is 29.5 Å². The summed E-state index contributed by atoms with van der Waals surface area (Å²) in [6.07, 6.45) is 0.699. The van der Waals surface area contributed by atoms with Crippen molar-refractivity contribution in [1.29, 1.82) is 0 Å². The number of hydrogen-bond acceptors (Lipinski definition) is 4. The Balaban J connectivity index is 2.53. The lowest BCUT2D eigenvalue weighted by molar-refractivity contribution is 0.0799. The maximum Gasteiger partial charge on any atom is 0.191 e. The summed E-state index contributed by atoms with van der Waals surface area (Å²) in [5.41, 5.74) is 0. The summed E-state index contributed by atoms with van der Waals surface area (Å²) >= 11 is 6.01. The van der Waals surface area contributed by atoms with Crippen LogP contribution in [0.5, 0.6) is 0 Å². The summed E-state index contributed by atoms with van der Waals surface area (Å²) in [6, 6.07) is 0. The van der Waals surface area contributed by atoms with Crippen molar-refractivity contribution in [3.63, 3.8) is 0 Å². The summed E-state index contributed by atoms with van der Waals surface area (Å²) in [5, 5.41) is 9.82. The van der Waals surface area contributed by atoms with Crippen LogP contribution in [0.4, 0.5) is 0 Å². The van der Waals surface area contributed by atoms with Crippen LogP contribution in [0, 0.1) is 0 Å². The molecule has 0 aliphatic carbocycles. The lowest BCUT2D eigenvalue weighted by Crippen LogP contribution is -2.34. The van der Waals surface area contributed by atoms with Crippen LogP contribution in [0.1, 0.15) is 13.3 Å². The number of thioether (sulfide) groups is 1. The SMILES string of the molecule is BN1C(S)SC(CC)C1O. The second-order valence-electron chi connectivity index (χ2n) is 2.49. The van der Waals surface area contributed by atoms with Crippen LogP contribution in [0.15, 0.2) is 0 Å². The zero-order chi connectivity index (χ0) is 7.72. The maximum absolute atomic E-state index is 9.48. The Morgan fingerprint density at radius 1 is 1.80 bits per heavy atom. The van der Waals surface area contributed by atoms with E-state index in [4.69, 9.17) is 0 Å². The fourth-order valence-corrected chi connectivity index (χ4v) is 2.78. The zero-order valence-electron chi connectivity index (χ0n) is 6.19. The number of thiol groups is 1. The zero-order valence-corrected chi connectivity index (χ0v) is 7.90. The first-order valence-corrected chi connectivity index (χ1v) is 4.86. The van der Waals surface area contributed by atoms with E-state index in [1.165, 1.54) is 0 Å². The lowest BCUT2D eigenvalue weighted by atomic mass is 10.2. The van der Waals surface area contributed by atoms with Gasteiger partial charge in [0.25, 0.3) is 0 Å². The molecule has 1 rings (SSSR count). The molecule has 3 atom stereocenters. The number of hydrogen-bond donors (Lipinski definition) is 2. The van der Waals surface area contributed by atoms with E-state index < -0.39 is 0 Å². The number of nitrogens with zero attached hydrogens (tertiary/aromatic N) is 1. The van der Waals surface area contributed by atoms with Crippen LogP contribution in [-0.2, 0) is 0 Å². The Morgan fingerprint density at radius 2 is 2.40 bits per heavy atom. The molecule has 1 aliphatic rings. The Labute approximate surface area is 72.2 Å². The third kappa shape index (κ3) is 1.47. The predicted molar refractivity (Wildman–Crippen MR) is 50.8 cm³/mol. The normalized spacial score (nSPS) is 42.5. The molecule has 0 amide bonds. The number of aliphatic hydroxyl groups excluding tert-OH is 1. The molecule has 2 nitrogen and oxygen atoms in total. The largest absolute Gasteiger partial charge is 0.378 e. The first-order valence-electron chi connectivity index (χ1n) is 3.40. The highest BCUT2D eigenvalue weighted by atomic mass is 32.2. The minimum absolute atomic E-state index is 0.167. The Kier molecular flexibility index (Phi) is 2.97. The monoisotopic (exact) mass is 177 g/mol. The van der Waals surface area contributed by atoms with Gasteiger partial charge in [-0.3, -0.25) is 0 Å². The molecule has 0 aromatic rings. The first-order chi connectivity index (χ1) is 4.66. The van der Waals surface area contributed by atoms with E-state index in [0.29, 0.717) is 5.25 Å². The van der Waals surface area contributed by atoms with Crippen LogP contribution >= 0.6 is 24.4 Å². The molecule has 0 bridgehead atoms. The van der Waals surface area contributed by atoms with E-state index in [9.17, 15) is 5.11 Å². The van der Waals surface area contributed by atoms with Crippen molar-refractivity contribution in [3.05, 3.63) is 0 Å². The van der Waals surface area contributed by atoms with Crippen molar-refractivity contribution in [1.82, 2.24) is 4.81 Å². The van der Waals surface area contributed by atoms with E-state index in [1.807, 2.05) is 12.8 Å². The van der Waals surface area contributed by atoms with Gasteiger partial charge < -0.3 is 9.92 Å². The summed E-state index contributed by atoms with van der Waals surface area (Å²) in [4.78, 5) is 1.88. The highest BCUT2D eigenvalue weighted by Gasteiger charge is 2.34. The standard InChI is InChI=1S/C5H12BNOS2/c1-2-3-4(8)7(6)5(9)10-3/h3-5,8-9H,2,6H2,1H3. The summed E-state index contributed by atoms with van der Waals surface area (Å²) in [6.45, 7) is 2.08. The van der Waals surface area contributed by atoms with Gasteiger partial charge in [-0.15, -0.1) is 11.8 Å². The molecule has 1 heterocycles. The molecule has 0 spiro atoms. The van der Waals surface area contributed by atoms with Crippen molar-refractivity contribution in [3.8, 4) is 0 Å². The molecular weight excluding hydrogens is 165 g/mol. The van der Waals surface area contributed by atoms with E-state index in [-0.39, 0.29) is 10.9 Å². The smallest absolute Gasteiger partial charge is 0.191 e. The van der Waals surface area contributed by atoms with Gasteiger partial charge in [0.1, 0.15) is 6.23 Å². The van der Waals surface area contributed by atoms with Crippen LogP contribution in [0.25, 0.3) is 0 Å². The van der Waals surface area contributed by atoms with Gasteiger partial charge in [-0.2, -0.15) is 12.6 Å². The van der Waals surface area contributed by atoms with Crippen molar-refractivity contribution < 1.29 is 5.11 Å². The van der Waals surface area contributed by atoms with Crippen molar-refractivity contribution in [2.75, 3.05) is 0 Å². The molecule has 10 heavy (non-hydrogen) atoms. The fraction of sp³-hybridized carbons (Fsp3) is 1.00. The van der Waals surface area contributed by atoms with Crippen molar-refractivity contribution >= 4 is 32.4 Å². The molecule has 1 fully saturated rings. The van der Waals surface area contributed by atoms with Gasteiger partial charge in [0.05, 0.1) is 4.71 Å². The van der Waals surface area contributed by atoms with Gasteiger partial charge in [-0.05, 0) is 6.42 Å². The van der Waals surface area contributed by atoms with Crippen LogP contribution < -0.4 is 0 Å². The van der Waals surface area contributed by atoms with Gasteiger partial charge in [-0.1, -0.05) is 6.92 Å². The second kappa shape index (κ2) is 3.39. The van der Waals surface area contributed by atoms with E-state index >= 15 is 0 Å². The van der Waals surface area contributed by atoms with E-state index in [1.54, 1.807) is 11.8 Å². The predicted octanol–water partition coefficient (Wildman–Crippen LogP) is -0.106. The molecular formula is C5H12BNOS2. The second-order valence-corrected chi connectivity index (χ2v) is 4.65. The summed E-state index contributed by atoms with van der Waals surface area (Å²) in [7, 11) is 1.89. The summed E-state index contributed by atoms with van der Waals surface area (Å²) < 4.78 is 0.167. The minimum Gasteiger partial charge on any atom is -0.378 e. The fourth-order valence-electron chi connectivity index (χ4n) is 1.02. The van der Waals surface area contributed by atoms with Crippen LogP contribution in [-0.4, -0.2) is 34.1 Å². The Hall–Kier alpha value is 0.685. The Morgan fingerprint density at radius 3 is 2.60 bits per heavy atom. The third-order valence-corrected chi connectivity index (χ3v) is 4.03. The topological polar surface area (TPSA) is 23.5 Å².